The summed E-state index contributed by atoms with van der Waals surface area (Å²) < 4.78 is 5.52. The molecule has 0 aliphatic rings. The molecule has 0 heterocycles. The molecule has 86 heavy (non-hydrogen) atoms. The van der Waals surface area contributed by atoms with Gasteiger partial charge in [0, 0.05) is 12.8 Å². The molecule has 0 aliphatic carbocycles. The maximum absolute atomic E-state index is 12.5. The number of hydrogen-bond donors (Lipinski definition) is 3. The Morgan fingerprint density at radius 2 is 0.535 bits per heavy atom. The Morgan fingerprint density at radius 1 is 0.314 bits per heavy atom. The number of carbonyl (C=O) groups excluding carboxylic acids is 2. The van der Waals surface area contributed by atoms with E-state index in [0.29, 0.717) is 19.4 Å². The number of ether oxygens (including phenoxy) is 1. The summed E-state index contributed by atoms with van der Waals surface area (Å²) in [6.45, 7) is 4.97. The van der Waals surface area contributed by atoms with E-state index >= 15 is 0 Å². The van der Waals surface area contributed by atoms with Crippen molar-refractivity contribution >= 4 is 11.9 Å². The van der Waals surface area contributed by atoms with Gasteiger partial charge in [0.1, 0.15) is 0 Å². The lowest BCUT2D eigenvalue weighted by Gasteiger charge is -2.20. The highest BCUT2D eigenvalue weighted by Gasteiger charge is 2.18. The Labute approximate surface area is 539 Å². The third-order valence-corrected chi connectivity index (χ3v) is 19.1. The molecule has 0 aliphatic heterocycles. The van der Waals surface area contributed by atoms with Gasteiger partial charge in [-0.25, -0.2) is 0 Å². The lowest BCUT2D eigenvalue weighted by molar-refractivity contribution is -0.143. The van der Waals surface area contributed by atoms with Gasteiger partial charge in [-0.15, -0.1) is 0 Å². The Hall–Kier alpha value is -1.40. The van der Waals surface area contributed by atoms with E-state index in [1.165, 1.54) is 398 Å². The average Bonchev–Trinajstić information content (AvgIpc) is 3.54. The number of esters is 1. The van der Waals surface area contributed by atoms with E-state index in [-0.39, 0.29) is 18.5 Å². The minimum Gasteiger partial charge on any atom is -0.466 e. The largest absolute Gasteiger partial charge is 0.466 e. The van der Waals surface area contributed by atoms with Crippen LogP contribution in [0.25, 0.3) is 0 Å². The maximum Gasteiger partial charge on any atom is 0.305 e. The molecule has 0 spiro atoms. The molecule has 3 N–H and O–H groups in total. The lowest BCUT2D eigenvalue weighted by Crippen LogP contribution is -2.45. The zero-order valence-corrected chi connectivity index (χ0v) is 58.8. The molecule has 0 aromatic rings. The first-order chi connectivity index (χ1) is 42.5. The van der Waals surface area contributed by atoms with Gasteiger partial charge in [0.15, 0.2) is 0 Å². The van der Waals surface area contributed by atoms with Gasteiger partial charge in [-0.1, -0.05) is 431 Å². The quantitative estimate of drug-likeness (QED) is 0.0320. The molecule has 0 bridgehead atoms. The highest BCUT2D eigenvalue weighted by Crippen LogP contribution is 2.20. The minimum atomic E-state index is -0.843. The Morgan fingerprint density at radius 3 is 0.791 bits per heavy atom. The smallest absolute Gasteiger partial charge is 0.305 e. The van der Waals surface area contributed by atoms with E-state index in [9.17, 15) is 19.8 Å². The standard InChI is InChI=1S/C80H157NO5/c1-3-5-7-9-11-13-15-17-19-21-23-24-34-37-40-44-48-52-56-60-64-68-72-78(83)77(76-82)81-79(84)73-69-65-61-57-53-49-45-41-38-35-32-30-28-26-25-27-29-31-33-36-39-43-47-51-55-59-63-67-71-75-86-80(85)74-70-66-62-58-54-50-46-42-22-20-18-16-14-12-10-8-6-4-2/h68,72,77-78,82-83H,3-67,69-71,73-76H2,1-2H3,(H,81,84)/b72-68+. The maximum atomic E-state index is 12.5. The summed E-state index contributed by atoms with van der Waals surface area (Å²) in [6, 6.07) is -0.626. The molecule has 6 heteroatoms. The highest BCUT2D eigenvalue weighted by molar-refractivity contribution is 5.76. The van der Waals surface area contributed by atoms with Crippen molar-refractivity contribution in [3.63, 3.8) is 0 Å². The van der Waals surface area contributed by atoms with Crippen molar-refractivity contribution in [3.05, 3.63) is 12.2 Å². The fourth-order valence-corrected chi connectivity index (χ4v) is 13.0. The summed E-state index contributed by atoms with van der Waals surface area (Å²) in [6.07, 6.45) is 96.2. The van der Waals surface area contributed by atoms with E-state index in [2.05, 4.69) is 19.2 Å². The van der Waals surface area contributed by atoms with Crippen LogP contribution in [0.1, 0.15) is 463 Å². The molecule has 0 rings (SSSR count). The molecule has 0 radical (unpaired) electrons. The third kappa shape index (κ3) is 71.7. The van der Waals surface area contributed by atoms with Gasteiger partial charge < -0.3 is 20.3 Å². The SMILES string of the molecule is CCCCCCCCCCCCCCCCCCCCCC/C=C/C(O)C(CO)NC(=O)CCCCCCCCCCCCCCCCCCCCCCCCCCCCCCCOC(=O)CCCCCCCCCCCCCCCCCCCC. The second-order valence-electron chi connectivity index (χ2n) is 27.8. The van der Waals surface area contributed by atoms with E-state index in [0.717, 1.165) is 38.5 Å². The van der Waals surface area contributed by atoms with Crippen LogP contribution in [0, 0.1) is 0 Å². The summed E-state index contributed by atoms with van der Waals surface area (Å²) in [4.78, 5) is 24.7. The number of allylic oxidation sites excluding steroid dienone is 1. The molecular weight excluding hydrogens is 1050 g/mol. The van der Waals surface area contributed by atoms with Crippen LogP contribution in [0.5, 0.6) is 0 Å². The highest BCUT2D eigenvalue weighted by atomic mass is 16.5. The first kappa shape index (κ1) is 84.6. The minimum absolute atomic E-state index is 0.0250. The van der Waals surface area contributed by atoms with Crippen molar-refractivity contribution < 1.29 is 24.5 Å². The number of nitrogens with one attached hydrogen (secondary N) is 1. The fourth-order valence-electron chi connectivity index (χ4n) is 13.0. The third-order valence-electron chi connectivity index (χ3n) is 19.1. The zero-order chi connectivity index (χ0) is 62.0. The van der Waals surface area contributed by atoms with Crippen LogP contribution < -0.4 is 5.32 Å². The molecule has 2 atom stereocenters. The molecule has 2 unspecified atom stereocenters. The molecule has 0 aromatic heterocycles. The topological polar surface area (TPSA) is 95.9 Å². The molecular formula is C80H157NO5. The number of hydrogen-bond acceptors (Lipinski definition) is 5. The number of carbonyl (C=O) groups is 2. The lowest BCUT2D eigenvalue weighted by atomic mass is 10.0. The number of rotatable bonds is 76. The summed E-state index contributed by atoms with van der Waals surface area (Å²) in [5, 5.41) is 23.3. The van der Waals surface area contributed by atoms with Gasteiger partial charge in [0.05, 0.1) is 25.4 Å². The Bertz CT molecular complexity index is 1300. The van der Waals surface area contributed by atoms with Gasteiger partial charge >= 0.3 is 5.97 Å². The van der Waals surface area contributed by atoms with Gasteiger partial charge in [-0.05, 0) is 32.1 Å². The first-order valence-electron chi connectivity index (χ1n) is 40.0. The molecule has 0 saturated heterocycles. The van der Waals surface area contributed by atoms with Crippen molar-refractivity contribution in [2.45, 2.75) is 475 Å². The van der Waals surface area contributed by atoms with Crippen LogP contribution in [0.2, 0.25) is 0 Å². The normalized spacial score (nSPS) is 12.5. The van der Waals surface area contributed by atoms with Crippen LogP contribution >= 0.6 is 0 Å². The number of unbranched alkanes of at least 4 members (excludes halogenated alkanes) is 65. The summed E-state index contributed by atoms with van der Waals surface area (Å²) in [5.41, 5.74) is 0. The van der Waals surface area contributed by atoms with Crippen LogP contribution in [0.4, 0.5) is 0 Å². The van der Waals surface area contributed by atoms with E-state index in [1.807, 2.05) is 6.08 Å². The summed E-state index contributed by atoms with van der Waals surface area (Å²) >= 11 is 0. The van der Waals surface area contributed by atoms with Gasteiger partial charge in [-0.2, -0.15) is 0 Å². The second-order valence-corrected chi connectivity index (χ2v) is 27.8. The van der Waals surface area contributed by atoms with Crippen LogP contribution in [-0.4, -0.2) is 47.4 Å². The predicted molar refractivity (Wildman–Crippen MR) is 380 cm³/mol. The van der Waals surface area contributed by atoms with Gasteiger partial charge in [-0.3, -0.25) is 9.59 Å². The number of aliphatic hydroxyl groups is 2. The van der Waals surface area contributed by atoms with E-state index in [4.69, 9.17) is 4.74 Å². The summed E-state index contributed by atoms with van der Waals surface area (Å²) in [7, 11) is 0. The van der Waals surface area contributed by atoms with Gasteiger partial charge in [0.25, 0.3) is 0 Å². The predicted octanol–water partition coefficient (Wildman–Crippen LogP) is 26.3. The van der Waals surface area contributed by atoms with Crippen molar-refractivity contribution in [3.8, 4) is 0 Å². The van der Waals surface area contributed by atoms with Gasteiger partial charge in [0.2, 0.25) is 5.91 Å². The van der Waals surface area contributed by atoms with Crippen LogP contribution in [0.3, 0.4) is 0 Å². The van der Waals surface area contributed by atoms with Crippen molar-refractivity contribution in [1.29, 1.82) is 0 Å². The second kappa shape index (κ2) is 76.1. The van der Waals surface area contributed by atoms with E-state index in [1.54, 1.807) is 6.08 Å². The number of aliphatic hydroxyl groups excluding tert-OH is 2. The molecule has 1 amide bonds. The Kier molecular flexibility index (Phi) is 74.8. The molecule has 0 aromatic carbocycles. The molecule has 0 fully saturated rings. The molecule has 6 nitrogen and oxygen atoms in total. The number of amides is 1. The van der Waals surface area contributed by atoms with Crippen LogP contribution in [0.15, 0.2) is 12.2 Å². The summed E-state index contributed by atoms with van der Waals surface area (Å²) in [5.74, 6) is -0.0340. The Balaban J connectivity index is 3.34. The van der Waals surface area contributed by atoms with Crippen molar-refractivity contribution in [2.75, 3.05) is 13.2 Å². The monoisotopic (exact) mass is 1210 g/mol. The van der Waals surface area contributed by atoms with E-state index < -0.39 is 12.1 Å². The van der Waals surface area contributed by atoms with Crippen LogP contribution in [-0.2, 0) is 14.3 Å². The first-order valence-corrected chi connectivity index (χ1v) is 40.0. The fraction of sp³-hybridized carbons (Fsp3) is 0.950. The average molecular weight is 1210 g/mol. The zero-order valence-electron chi connectivity index (χ0n) is 58.8. The molecule has 0 saturated carbocycles. The molecule has 512 valence electrons. The van der Waals surface area contributed by atoms with Crippen molar-refractivity contribution in [1.82, 2.24) is 5.32 Å². The van der Waals surface area contributed by atoms with Crippen molar-refractivity contribution in [2.24, 2.45) is 0 Å².